The fourth-order valence-electron chi connectivity index (χ4n) is 12.5. The Morgan fingerprint density at radius 3 is 0.935 bits per heavy atom. The Labute approximate surface area is 591 Å². The van der Waals surface area contributed by atoms with Gasteiger partial charge >= 0.3 is 7.69 Å². The van der Waals surface area contributed by atoms with Crippen LogP contribution in [-0.4, -0.2) is 82.1 Å². The second-order valence-corrected chi connectivity index (χ2v) is 33.8. The van der Waals surface area contributed by atoms with Gasteiger partial charge in [-0.15, -0.1) is 79.4 Å². The number of hydrogen-bond donors (Lipinski definition) is 1. The quantitative estimate of drug-likeness (QED) is 0.0421. The normalized spacial score (nSPS) is 16.1. The van der Waals surface area contributed by atoms with E-state index in [1.54, 1.807) is 74.1 Å². The van der Waals surface area contributed by atoms with E-state index in [1.807, 2.05) is 55.3 Å². The van der Waals surface area contributed by atoms with E-state index in [9.17, 15) is 19.2 Å². The van der Waals surface area contributed by atoms with Crippen LogP contribution in [0.25, 0.3) is 42.3 Å². The van der Waals surface area contributed by atoms with E-state index in [1.165, 1.54) is 30.8 Å². The van der Waals surface area contributed by atoms with Gasteiger partial charge in [0.2, 0.25) is 0 Å². The molecule has 0 fully saturated rings. The van der Waals surface area contributed by atoms with Gasteiger partial charge in [0.05, 0.1) is 72.2 Å². The van der Waals surface area contributed by atoms with Gasteiger partial charge in [-0.25, -0.2) is 0 Å². The maximum Gasteiger partial charge on any atom is 0.569 e. The van der Waals surface area contributed by atoms with Crippen LogP contribution in [0.4, 0.5) is 0 Å². The van der Waals surface area contributed by atoms with E-state index in [0.717, 1.165) is 153 Å². The SMILES string of the molecule is CCCCC(CC)CN1C(=O)C2=C(c3ccc(-c4cccs4)s3)N(CC(CC)CCCC)C(=O)C2=C1c1ccc(-c2cccs2)s1.CCCCC(CC)CN1C(=O)C2=C(c3ccc(Br)s3)N(CC(CC)CCCC)C(=O)C2=C1c1ccc(Br)s1.O[B]Oc1cccs1. The molecule has 0 saturated carbocycles. The van der Waals surface area contributed by atoms with Gasteiger partial charge in [0.25, 0.3) is 23.6 Å². The molecule has 1 radical (unpaired) electrons. The summed E-state index contributed by atoms with van der Waals surface area (Å²) >= 11 is 18.7. The monoisotopic (exact) mass is 1500 g/mol. The van der Waals surface area contributed by atoms with Crippen molar-refractivity contribution in [2.45, 2.75) is 158 Å². The molecule has 0 saturated heterocycles. The highest BCUT2D eigenvalue weighted by atomic mass is 79.9. The summed E-state index contributed by atoms with van der Waals surface area (Å²) in [4.78, 5) is 74.9. The average Bonchev–Trinajstić information content (AvgIpc) is 1.56. The minimum atomic E-state index is -0.0218. The number of hydrogen-bond acceptors (Lipinski definition) is 13. The molecule has 10 nitrogen and oxygen atoms in total. The van der Waals surface area contributed by atoms with Crippen molar-refractivity contribution in [2.75, 3.05) is 26.2 Å². The third-order valence-electron chi connectivity index (χ3n) is 17.8. The highest BCUT2D eigenvalue weighted by Gasteiger charge is 2.52. The van der Waals surface area contributed by atoms with E-state index in [-0.39, 0.29) is 23.6 Å². The lowest BCUT2D eigenvalue weighted by Gasteiger charge is -2.29. The molecule has 0 bridgehead atoms. The molecule has 92 heavy (non-hydrogen) atoms. The molecule has 4 aliphatic heterocycles. The summed E-state index contributed by atoms with van der Waals surface area (Å²) in [6.45, 7) is 20.3. The van der Waals surface area contributed by atoms with Crippen molar-refractivity contribution in [3.05, 3.63) is 150 Å². The van der Waals surface area contributed by atoms with Gasteiger partial charge < -0.3 is 29.3 Å². The second kappa shape index (κ2) is 35.0. The molecule has 4 unspecified atom stereocenters. The van der Waals surface area contributed by atoms with Gasteiger partial charge in [-0.05, 0) is 170 Å². The van der Waals surface area contributed by atoms with Crippen molar-refractivity contribution < 1.29 is 28.9 Å². The van der Waals surface area contributed by atoms with E-state index in [2.05, 4.69) is 151 Å². The van der Waals surface area contributed by atoms with Crippen molar-refractivity contribution in [3.63, 3.8) is 0 Å². The van der Waals surface area contributed by atoms with Gasteiger partial charge in [0.1, 0.15) is 0 Å². The highest BCUT2D eigenvalue weighted by molar-refractivity contribution is 9.11. The molecular formula is C72H86BBr2N4O6S7. The summed E-state index contributed by atoms with van der Waals surface area (Å²) in [5.74, 6) is 1.52. The Morgan fingerprint density at radius 2 is 0.685 bits per heavy atom. The Bertz CT molecular complexity index is 3480. The lowest BCUT2D eigenvalue weighted by molar-refractivity contribution is -0.124. The van der Waals surface area contributed by atoms with E-state index >= 15 is 0 Å². The van der Waals surface area contributed by atoms with E-state index < -0.39 is 0 Å². The van der Waals surface area contributed by atoms with Crippen molar-refractivity contribution in [3.8, 4) is 24.6 Å². The maximum absolute atomic E-state index is 14.8. The van der Waals surface area contributed by atoms with Crippen LogP contribution < -0.4 is 4.65 Å². The van der Waals surface area contributed by atoms with Crippen LogP contribution in [0.5, 0.6) is 5.06 Å². The summed E-state index contributed by atoms with van der Waals surface area (Å²) in [5, 5.41) is 14.9. The predicted octanol–water partition coefficient (Wildman–Crippen LogP) is 21.7. The zero-order valence-corrected chi connectivity index (χ0v) is 63.1. The first kappa shape index (κ1) is 71.8. The van der Waals surface area contributed by atoms with E-state index in [4.69, 9.17) is 5.02 Å². The summed E-state index contributed by atoms with van der Waals surface area (Å²) in [6, 6.07) is 28.7. The van der Waals surface area contributed by atoms with Crippen LogP contribution in [-0.2, 0) is 19.2 Å². The van der Waals surface area contributed by atoms with Crippen molar-refractivity contribution >= 4 is 165 Å². The number of nitrogens with zero attached hydrogens (tertiary/aromatic N) is 4. The number of halogens is 2. The molecule has 11 heterocycles. The lowest BCUT2D eigenvalue weighted by Crippen LogP contribution is -2.34. The summed E-state index contributed by atoms with van der Waals surface area (Å²) in [7, 11) is 0.672. The van der Waals surface area contributed by atoms with Gasteiger partial charge in [-0.1, -0.05) is 145 Å². The van der Waals surface area contributed by atoms with Gasteiger partial charge in [0.15, 0.2) is 5.06 Å². The largest absolute Gasteiger partial charge is 0.569 e. The van der Waals surface area contributed by atoms with Gasteiger partial charge in [-0.2, -0.15) is 0 Å². The fourth-order valence-corrected chi connectivity index (χ4v) is 19.8. The number of amides is 4. The zero-order chi connectivity index (χ0) is 65.4. The Hall–Kier alpha value is -4.48. The van der Waals surface area contributed by atoms with Crippen LogP contribution in [0.3, 0.4) is 0 Å². The number of unbranched alkanes of at least 4 members (excludes halogenated alkanes) is 4. The minimum absolute atomic E-state index is 0.00967. The average molecular weight is 1500 g/mol. The Morgan fingerprint density at radius 1 is 0.391 bits per heavy atom. The molecule has 0 spiro atoms. The lowest BCUT2D eigenvalue weighted by atomic mass is 9.98. The molecule has 0 aromatic carbocycles. The van der Waals surface area contributed by atoms with Crippen molar-refractivity contribution in [2.24, 2.45) is 23.7 Å². The fraction of sp³-hybridized carbons (Fsp3) is 0.444. The first-order chi connectivity index (χ1) is 44.7. The van der Waals surface area contributed by atoms with Crippen LogP contribution in [0.15, 0.2) is 131 Å². The molecule has 7 aromatic heterocycles. The standard InChI is InChI=1S/C38H44N2O2S4.C30H38Br2N2O2S2.C4H4BO2S/c1-5-9-13-25(7-3)23-39-35(31-19-17-29(45-31)27-15-11-21-43-27)33-34(37(39)41)36(32-20-18-30(46-32)28-16-12-22-44-28)40(38(33)42)24-26(8-4)14-10-6-2;1-5-9-11-19(7-3)17-33-27(21-13-15-23(31)37-21)25-26(29(33)35)28(22-14-16-24(32)38-22)34(30(25)36)18-20(8-4)12-10-6-2;6-5-7-4-2-1-3-8-4/h11-12,15-22,25-26H,5-10,13-14,23-24H2,1-4H3;13-16,19-20H,5-12,17-18H2,1-4H3;1-3,6H. The Balaban J connectivity index is 0.000000196. The predicted molar refractivity (Wildman–Crippen MR) is 400 cm³/mol. The molecule has 11 rings (SSSR count). The van der Waals surface area contributed by atoms with Gasteiger partial charge in [0, 0.05) is 45.7 Å². The summed E-state index contributed by atoms with van der Waals surface area (Å²) < 4.78 is 6.59. The maximum atomic E-state index is 14.8. The van der Waals surface area contributed by atoms with Gasteiger partial charge in [-0.3, -0.25) is 19.2 Å². The molecule has 7 aromatic rings. The molecule has 20 heteroatoms. The number of thiophene rings is 7. The Kier molecular flexibility index (Phi) is 27.3. The number of carbonyl (C=O) groups is 4. The smallest absolute Gasteiger partial charge is 0.530 e. The highest BCUT2D eigenvalue weighted by Crippen LogP contribution is 2.53. The third kappa shape index (κ3) is 16.7. The summed E-state index contributed by atoms with van der Waals surface area (Å²) in [5.41, 5.74) is 5.67. The third-order valence-corrected chi connectivity index (χ3v) is 26.1. The van der Waals surface area contributed by atoms with Crippen LogP contribution in [0.1, 0.15) is 178 Å². The van der Waals surface area contributed by atoms with Crippen molar-refractivity contribution in [1.29, 1.82) is 0 Å². The first-order valence-electron chi connectivity index (χ1n) is 33.0. The van der Waals surface area contributed by atoms with Crippen LogP contribution in [0.2, 0.25) is 0 Å². The number of rotatable bonds is 32. The van der Waals surface area contributed by atoms with Crippen LogP contribution >= 0.6 is 111 Å². The number of carbonyl (C=O) groups excluding carboxylic acids is 4. The molecule has 489 valence electrons. The molecule has 4 amide bonds. The molecular weight excluding hydrogens is 1410 g/mol. The zero-order valence-electron chi connectivity index (χ0n) is 54.2. The second-order valence-electron chi connectivity index (χ2n) is 23.9. The molecule has 0 aliphatic carbocycles. The van der Waals surface area contributed by atoms with E-state index in [0.29, 0.717) is 84.9 Å². The summed E-state index contributed by atoms with van der Waals surface area (Å²) in [6.07, 6.45) is 17.5. The topological polar surface area (TPSA) is 111 Å². The first-order valence-corrected chi connectivity index (χ1v) is 40.5. The minimum Gasteiger partial charge on any atom is -0.530 e. The van der Waals surface area contributed by atoms with Crippen molar-refractivity contribution in [1.82, 2.24) is 19.6 Å². The molecule has 4 aliphatic rings. The molecule has 4 atom stereocenters. The number of fused-ring (bicyclic) bond motifs is 2. The van der Waals surface area contributed by atoms with Crippen LogP contribution in [0, 0.1) is 23.7 Å². The molecule has 1 N–H and O–H groups in total.